The zero-order valence-electron chi connectivity index (χ0n) is 11.2. The van der Waals surface area contributed by atoms with E-state index in [0.717, 1.165) is 0 Å². The number of urea groups is 1. The molecular formula is C12H21N3O3. The molecule has 0 radical (unpaired) electrons. The van der Waals surface area contributed by atoms with Crippen LogP contribution in [0.4, 0.5) is 4.79 Å². The number of hydrogen-bond donors (Lipinski definition) is 1. The molecule has 2 aliphatic rings. The van der Waals surface area contributed by atoms with Crippen molar-refractivity contribution in [3.63, 3.8) is 0 Å². The summed E-state index contributed by atoms with van der Waals surface area (Å²) < 4.78 is 10.8. The number of carbonyl (C=O) groups excluding carboxylic acids is 1. The summed E-state index contributed by atoms with van der Waals surface area (Å²) in [6.45, 7) is 5.60. The maximum atomic E-state index is 11.9. The Morgan fingerprint density at radius 3 is 2.89 bits per heavy atom. The predicted octanol–water partition coefficient (Wildman–Crippen LogP) is 0.753. The Hall–Kier alpha value is -1.14. The van der Waals surface area contributed by atoms with Crippen molar-refractivity contribution >= 4 is 11.9 Å². The molecule has 0 aliphatic carbocycles. The summed E-state index contributed by atoms with van der Waals surface area (Å²) >= 11 is 0. The number of nitrogens with two attached hydrogens (primary N) is 1. The first kappa shape index (κ1) is 13.3. The average Bonchev–Trinajstić information content (AvgIpc) is 2.47. The molecule has 2 aliphatic heterocycles. The lowest BCUT2D eigenvalue weighted by Crippen LogP contribution is -2.61. The standard InChI is InChI=1S/C12H21N3O3/c1-11(2)8-12(4-6-18-11)9(13)14-10(16)15(12)5-7-17-3/h4-8H2,1-3H3,(H2,13,14,16). The maximum Gasteiger partial charge on any atom is 0.346 e. The lowest BCUT2D eigenvalue weighted by Gasteiger charge is -2.46. The van der Waals surface area contributed by atoms with Crippen LogP contribution in [0.15, 0.2) is 4.99 Å². The second-order valence-electron chi connectivity index (χ2n) is 5.49. The van der Waals surface area contributed by atoms with Crippen molar-refractivity contribution in [3.8, 4) is 0 Å². The van der Waals surface area contributed by atoms with Crippen LogP contribution in [0.5, 0.6) is 0 Å². The van der Waals surface area contributed by atoms with E-state index < -0.39 is 5.54 Å². The van der Waals surface area contributed by atoms with Gasteiger partial charge >= 0.3 is 6.03 Å². The van der Waals surface area contributed by atoms with Crippen LogP contribution in [0.1, 0.15) is 26.7 Å². The Morgan fingerprint density at radius 2 is 2.28 bits per heavy atom. The van der Waals surface area contributed by atoms with Gasteiger partial charge in [0.25, 0.3) is 0 Å². The summed E-state index contributed by atoms with van der Waals surface area (Å²) in [6.07, 6.45) is 1.37. The third-order valence-electron chi connectivity index (χ3n) is 3.69. The largest absolute Gasteiger partial charge is 0.385 e. The van der Waals surface area contributed by atoms with Crippen LogP contribution in [0.3, 0.4) is 0 Å². The van der Waals surface area contributed by atoms with E-state index in [9.17, 15) is 4.79 Å². The molecule has 0 aromatic carbocycles. The summed E-state index contributed by atoms with van der Waals surface area (Å²) in [5.74, 6) is 0.417. The van der Waals surface area contributed by atoms with E-state index in [-0.39, 0.29) is 11.6 Å². The summed E-state index contributed by atoms with van der Waals surface area (Å²) in [5.41, 5.74) is 5.22. The molecule has 1 saturated heterocycles. The quantitative estimate of drug-likeness (QED) is 0.807. The van der Waals surface area contributed by atoms with Crippen LogP contribution >= 0.6 is 0 Å². The molecule has 1 fully saturated rings. The number of amides is 2. The fourth-order valence-corrected chi connectivity index (χ4v) is 2.87. The Balaban J connectivity index is 2.26. The van der Waals surface area contributed by atoms with Gasteiger partial charge in [-0.05, 0) is 13.8 Å². The van der Waals surface area contributed by atoms with Crippen molar-refractivity contribution < 1.29 is 14.3 Å². The summed E-state index contributed by atoms with van der Waals surface area (Å²) in [6, 6.07) is -0.262. The molecule has 6 nitrogen and oxygen atoms in total. The molecule has 2 amide bonds. The number of ether oxygens (including phenoxy) is 2. The van der Waals surface area contributed by atoms with Crippen LogP contribution in [-0.4, -0.2) is 54.8 Å². The van der Waals surface area contributed by atoms with Gasteiger partial charge in [0.15, 0.2) is 0 Å². The molecule has 2 rings (SSSR count). The van der Waals surface area contributed by atoms with Crippen molar-refractivity contribution in [1.29, 1.82) is 0 Å². The Kier molecular flexibility index (Phi) is 3.33. The zero-order chi connectivity index (χ0) is 13.4. The van der Waals surface area contributed by atoms with Gasteiger partial charge in [0, 0.05) is 33.1 Å². The van der Waals surface area contributed by atoms with E-state index in [1.54, 1.807) is 12.0 Å². The number of nitrogens with zero attached hydrogens (tertiary/aromatic N) is 2. The molecule has 2 N–H and O–H groups in total. The highest BCUT2D eigenvalue weighted by Gasteiger charge is 2.53. The van der Waals surface area contributed by atoms with Crippen molar-refractivity contribution in [2.45, 2.75) is 37.8 Å². The zero-order valence-corrected chi connectivity index (χ0v) is 11.2. The first-order valence-electron chi connectivity index (χ1n) is 6.20. The lowest BCUT2D eigenvalue weighted by atomic mass is 9.79. The second kappa shape index (κ2) is 4.51. The van der Waals surface area contributed by atoms with E-state index in [1.807, 2.05) is 13.8 Å². The number of aliphatic imine (C=N–C) groups is 1. The fourth-order valence-electron chi connectivity index (χ4n) is 2.87. The molecule has 18 heavy (non-hydrogen) atoms. The van der Waals surface area contributed by atoms with Crippen molar-refractivity contribution in [2.24, 2.45) is 10.7 Å². The Labute approximate surface area is 107 Å². The SMILES string of the molecule is COCCN1C(=O)N=C(N)C12CCOC(C)(C)C2. The van der Waals surface area contributed by atoms with Crippen LogP contribution < -0.4 is 5.73 Å². The van der Waals surface area contributed by atoms with Crippen LogP contribution in [0.2, 0.25) is 0 Å². The van der Waals surface area contributed by atoms with E-state index in [0.29, 0.717) is 38.4 Å². The van der Waals surface area contributed by atoms with Crippen molar-refractivity contribution in [1.82, 2.24) is 4.90 Å². The van der Waals surface area contributed by atoms with Gasteiger partial charge < -0.3 is 20.1 Å². The monoisotopic (exact) mass is 255 g/mol. The van der Waals surface area contributed by atoms with Crippen LogP contribution in [-0.2, 0) is 9.47 Å². The predicted molar refractivity (Wildman–Crippen MR) is 67.6 cm³/mol. The van der Waals surface area contributed by atoms with Crippen LogP contribution in [0, 0.1) is 0 Å². The summed E-state index contributed by atoms with van der Waals surface area (Å²) in [7, 11) is 1.62. The van der Waals surface area contributed by atoms with Gasteiger partial charge in [0.1, 0.15) is 11.4 Å². The van der Waals surface area contributed by atoms with Gasteiger partial charge in [-0.2, -0.15) is 4.99 Å². The molecule has 0 saturated carbocycles. The van der Waals surface area contributed by atoms with Gasteiger partial charge in [0.05, 0.1) is 12.2 Å². The smallest absolute Gasteiger partial charge is 0.346 e. The van der Waals surface area contributed by atoms with Gasteiger partial charge in [-0.1, -0.05) is 0 Å². The summed E-state index contributed by atoms with van der Waals surface area (Å²) in [4.78, 5) is 17.6. The summed E-state index contributed by atoms with van der Waals surface area (Å²) in [5, 5.41) is 0. The number of rotatable bonds is 3. The minimum absolute atomic E-state index is 0.262. The van der Waals surface area contributed by atoms with Crippen molar-refractivity contribution in [3.05, 3.63) is 0 Å². The Morgan fingerprint density at radius 1 is 1.56 bits per heavy atom. The van der Waals surface area contributed by atoms with Gasteiger partial charge in [-0.25, -0.2) is 4.79 Å². The second-order valence-corrected chi connectivity index (χ2v) is 5.49. The van der Waals surface area contributed by atoms with E-state index >= 15 is 0 Å². The molecular weight excluding hydrogens is 234 g/mol. The van der Waals surface area contributed by atoms with Gasteiger partial charge in [-0.3, -0.25) is 0 Å². The molecule has 1 unspecified atom stereocenters. The highest BCUT2D eigenvalue weighted by molar-refractivity contribution is 6.06. The third kappa shape index (κ3) is 2.10. The highest BCUT2D eigenvalue weighted by atomic mass is 16.5. The van der Waals surface area contributed by atoms with Crippen molar-refractivity contribution in [2.75, 3.05) is 26.9 Å². The number of carbonyl (C=O) groups is 1. The van der Waals surface area contributed by atoms with E-state index in [4.69, 9.17) is 15.2 Å². The molecule has 6 heteroatoms. The maximum absolute atomic E-state index is 11.9. The highest BCUT2D eigenvalue weighted by Crippen LogP contribution is 2.39. The Bertz CT molecular complexity index is 381. The topological polar surface area (TPSA) is 77.2 Å². The lowest BCUT2D eigenvalue weighted by molar-refractivity contribution is -0.0907. The van der Waals surface area contributed by atoms with E-state index in [2.05, 4.69) is 4.99 Å². The van der Waals surface area contributed by atoms with Gasteiger partial charge in [-0.15, -0.1) is 0 Å². The third-order valence-corrected chi connectivity index (χ3v) is 3.69. The number of amidine groups is 1. The minimum Gasteiger partial charge on any atom is -0.385 e. The fraction of sp³-hybridized carbons (Fsp3) is 0.833. The normalized spacial score (nSPS) is 30.9. The molecule has 0 aromatic heterocycles. The number of hydrogen-bond acceptors (Lipinski definition) is 4. The molecule has 2 heterocycles. The first-order chi connectivity index (χ1) is 8.41. The average molecular weight is 255 g/mol. The number of methoxy groups -OCH3 is 1. The molecule has 1 spiro atoms. The van der Waals surface area contributed by atoms with Crippen LogP contribution in [0.25, 0.3) is 0 Å². The first-order valence-corrected chi connectivity index (χ1v) is 6.20. The molecule has 0 aromatic rings. The molecule has 0 bridgehead atoms. The molecule has 1 atom stereocenters. The van der Waals surface area contributed by atoms with Gasteiger partial charge in [0.2, 0.25) is 0 Å². The van der Waals surface area contributed by atoms with E-state index in [1.165, 1.54) is 0 Å². The minimum atomic E-state index is -0.489. The molecule has 102 valence electrons.